The molecule has 0 fully saturated rings. The number of esters is 1. The van der Waals surface area contributed by atoms with E-state index in [0.29, 0.717) is 27.6 Å². The predicted molar refractivity (Wildman–Crippen MR) is 84.8 cm³/mol. The number of benzene rings is 2. The summed E-state index contributed by atoms with van der Waals surface area (Å²) in [5.74, 6) is -0.401. The third kappa shape index (κ3) is 2.76. The van der Waals surface area contributed by atoms with Crippen LogP contribution >= 0.6 is 11.6 Å². The third-order valence-electron chi connectivity index (χ3n) is 3.24. The van der Waals surface area contributed by atoms with Crippen LogP contribution in [0.2, 0.25) is 5.02 Å². The Balaban J connectivity index is 2.15. The van der Waals surface area contributed by atoms with E-state index >= 15 is 0 Å². The van der Waals surface area contributed by atoms with E-state index in [9.17, 15) is 4.79 Å². The first-order valence-electron chi connectivity index (χ1n) is 6.60. The SMILES string of the molecule is COC(=O)C(=NO)c1cccc2oc(-c3ccc(Cl)cc3)nc12. The van der Waals surface area contributed by atoms with Gasteiger partial charge in [0.2, 0.25) is 5.89 Å². The first-order chi connectivity index (χ1) is 11.1. The second-order valence-electron chi connectivity index (χ2n) is 4.62. The molecule has 3 aromatic rings. The normalized spacial score (nSPS) is 11.7. The summed E-state index contributed by atoms with van der Waals surface area (Å²) in [5, 5.41) is 12.7. The van der Waals surface area contributed by atoms with Gasteiger partial charge in [0.25, 0.3) is 0 Å². The van der Waals surface area contributed by atoms with Crippen molar-refractivity contribution in [3.05, 3.63) is 53.1 Å². The lowest BCUT2D eigenvalue weighted by Crippen LogP contribution is -2.17. The second-order valence-corrected chi connectivity index (χ2v) is 5.05. The lowest BCUT2D eigenvalue weighted by Gasteiger charge is -2.02. The van der Waals surface area contributed by atoms with Gasteiger partial charge in [-0.05, 0) is 36.4 Å². The van der Waals surface area contributed by atoms with Crippen LogP contribution in [0.4, 0.5) is 0 Å². The minimum atomic E-state index is -0.768. The molecular weight excluding hydrogens is 320 g/mol. The Morgan fingerprint density at radius 1 is 1.26 bits per heavy atom. The third-order valence-corrected chi connectivity index (χ3v) is 3.50. The number of fused-ring (bicyclic) bond motifs is 1. The molecule has 0 amide bonds. The highest BCUT2D eigenvalue weighted by Gasteiger charge is 2.21. The molecule has 116 valence electrons. The minimum Gasteiger partial charge on any atom is -0.464 e. The number of hydrogen-bond acceptors (Lipinski definition) is 6. The molecule has 0 spiro atoms. The van der Waals surface area contributed by atoms with E-state index in [1.807, 2.05) is 0 Å². The molecule has 0 radical (unpaired) electrons. The smallest absolute Gasteiger partial charge is 0.360 e. The molecule has 0 atom stereocenters. The summed E-state index contributed by atoms with van der Waals surface area (Å²) in [7, 11) is 1.20. The number of halogens is 1. The van der Waals surface area contributed by atoms with E-state index in [1.54, 1.807) is 42.5 Å². The number of carbonyl (C=O) groups excluding carboxylic acids is 1. The molecule has 1 heterocycles. The largest absolute Gasteiger partial charge is 0.464 e. The summed E-state index contributed by atoms with van der Waals surface area (Å²) in [6.07, 6.45) is 0. The Labute approximate surface area is 136 Å². The molecule has 0 saturated heterocycles. The van der Waals surface area contributed by atoms with Gasteiger partial charge in [0.05, 0.1) is 7.11 Å². The maximum absolute atomic E-state index is 11.7. The summed E-state index contributed by atoms with van der Waals surface area (Å²) in [6.45, 7) is 0. The average molecular weight is 331 g/mol. The van der Waals surface area contributed by atoms with E-state index < -0.39 is 5.97 Å². The Hall–Kier alpha value is -2.86. The van der Waals surface area contributed by atoms with Crippen molar-refractivity contribution in [2.75, 3.05) is 7.11 Å². The van der Waals surface area contributed by atoms with Crippen LogP contribution < -0.4 is 0 Å². The van der Waals surface area contributed by atoms with Crippen molar-refractivity contribution in [1.29, 1.82) is 0 Å². The molecule has 0 bridgehead atoms. The average Bonchev–Trinajstić information content (AvgIpc) is 3.00. The zero-order valence-corrected chi connectivity index (χ0v) is 12.7. The number of oxime groups is 1. The number of carbonyl (C=O) groups is 1. The van der Waals surface area contributed by atoms with Crippen molar-refractivity contribution in [3.63, 3.8) is 0 Å². The molecule has 6 nitrogen and oxygen atoms in total. The Kier molecular flexibility index (Phi) is 3.99. The summed E-state index contributed by atoms with van der Waals surface area (Å²) in [5.41, 5.74) is 1.67. The topological polar surface area (TPSA) is 84.9 Å². The Morgan fingerprint density at radius 2 is 2.00 bits per heavy atom. The van der Waals surface area contributed by atoms with Gasteiger partial charge in [-0.15, -0.1) is 0 Å². The summed E-state index contributed by atoms with van der Waals surface area (Å²) in [6, 6.07) is 12.0. The lowest BCUT2D eigenvalue weighted by molar-refractivity contribution is -0.132. The molecule has 0 aliphatic rings. The number of para-hydroxylation sites is 1. The summed E-state index contributed by atoms with van der Waals surface area (Å²) in [4.78, 5) is 16.1. The van der Waals surface area contributed by atoms with E-state index in [-0.39, 0.29) is 5.71 Å². The van der Waals surface area contributed by atoms with E-state index in [0.717, 1.165) is 5.56 Å². The monoisotopic (exact) mass is 330 g/mol. The van der Waals surface area contributed by atoms with Crippen molar-refractivity contribution in [2.45, 2.75) is 0 Å². The summed E-state index contributed by atoms with van der Waals surface area (Å²) < 4.78 is 10.3. The second kappa shape index (κ2) is 6.10. The van der Waals surface area contributed by atoms with Crippen LogP contribution in [-0.4, -0.2) is 29.0 Å². The van der Waals surface area contributed by atoms with Crippen LogP contribution in [0.5, 0.6) is 0 Å². The molecule has 1 aromatic heterocycles. The molecule has 7 heteroatoms. The minimum absolute atomic E-state index is 0.242. The van der Waals surface area contributed by atoms with Gasteiger partial charge >= 0.3 is 5.97 Å². The molecular formula is C16H11ClN2O4. The van der Waals surface area contributed by atoms with Crippen molar-refractivity contribution in [3.8, 4) is 11.5 Å². The van der Waals surface area contributed by atoms with Crippen LogP contribution in [-0.2, 0) is 9.53 Å². The molecule has 2 aromatic carbocycles. The number of nitrogens with zero attached hydrogens (tertiary/aromatic N) is 2. The fourth-order valence-corrected chi connectivity index (χ4v) is 2.28. The molecule has 23 heavy (non-hydrogen) atoms. The van der Waals surface area contributed by atoms with E-state index in [2.05, 4.69) is 14.9 Å². The lowest BCUT2D eigenvalue weighted by atomic mass is 10.1. The predicted octanol–water partition coefficient (Wildman–Crippen LogP) is 3.50. The van der Waals surface area contributed by atoms with Gasteiger partial charge < -0.3 is 14.4 Å². The van der Waals surface area contributed by atoms with Crippen LogP contribution in [0.3, 0.4) is 0 Å². The number of rotatable bonds is 3. The maximum atomic E-state index is 11.7. The molecule has 0 aliphatic heterocycles. The van der Waals surface area contributed by atoms with E-state index in [4.69, 9.17) is 21.2 Å². The fourth-order valence-electron chi connectivity index (χ4n) is 2.16. The van der Waals surface area contributed by atoms with Gasteiger partial charge in [0, 0.05) is 16.1 Å². The maximum Gasteiger partial charge on any atom is 0.360 e. The first kappa shape index (κ1) is 15.1. The highest BCUT2D eigenvalue weighted by Crippen LogP contribution is 2.27. The van der Waals surface area contributed by atoms with Crippen molar-refractivity contribution < 1.29 is 19.2 Å². The quantitative estimate of drug-likeness (QED) is 0.344. The zero-order chi connectivity index (χ0) is 16.4. The van der Waals surface area contributed by atoms with Gasteiger partial charge in [0.15, 0.2) is 11.3 Å². The summed E-state index contributed by atoms with van der Waals surface area (Å²) >= 11 is 5.87. The molecule has 0 unspecified atom stereocenters. The van der Waals surface area contributed by atoms with Crippen molar-refractivity contribution in [2.24, 2.45) is 5.16 Å². The zero-order valence-electron chi connectivity index (χ0n) is 12.0. The molecule has 1 N–H and O–H groups in total. The van der Waals surface area contributed by atoms with Crippen LogP contribution in [0, 0.1) is 0 Å². The highest BCUT2D eigenvalue weighted by molar-refractivity contribution is 6.45. The van der Waals surface area contributed by atoms with Gasteiger partial charge in [-0.1, -0.05) is 22.8 Å². The number of hydrogen-bond donors (Lipinski definition) is 1. The van der Waals surface area contributed by atoms with Gasteiger partial charge in [-0.3, -0.25) is 0 Å². The highest BCUT2D eigenvalue weighted by atomic mass is 35.5. The van der Waals surface area contributed by atoms with Gasteiger partial charge in [-0.25, -0.2) is 9.78 Å². The van der Waals surface area contributed by atoms with Gasteiger partial charge in [-0.2, -0.15) is 0 Å². The van der Waals surface area contributed by atoms with Crippen LogP contribution in [0.1, 0.15) is 5.56 Å². The standard InChI is InChI=1S/C16H11ClN2O4/c1-22-16(20)14(19-21)11-3-2-4-12-13(11)18-15(23-12)9-5-7-10(17)8-6-9/h2-8,21H,1H3. The van der Waals surface area contributed by atoms with Crippen LogP contribution in [0.15, 0.2) is 52.0 Å². The first-order valence-corrected chi connectivity index (χ1v) is 6.98. The fraction of sp³-hybridized carbons (Fsp3) is 0.0625. The van der Waals surface area contributed by atoms with E-state index in [1.165, 1.54) is 7.11 Å². The number of aromatic nitrogens is 1. The number of oxazole rings is 1. The Bertz CT molecular complexity index is 900. The van der Waals surface area contributed by atoms with Crippen molar-refractivity contribution >= 4 is 34.4 Å². The molecule has 0 aliphatic carbocycles. The number of ether oxygens (including phenoxy) is 1. The molecule has 3 rings (SSSR count). The van der Waals surface area contributed by atoms with Crippen molar-refractivity contribution in [1.82, 2.24) is 4.98 Å². The molecule has 0 saturated carbocycles. The Morgan fingerprint density at radius 3 is 2.65 bits per heavy atom. The number of methoxy groups -OCH3 is 1. The van der Waals surface area contributed by atoms with Crippen LogP contribution in [0.25, 0.3) is 22.6 Å². The van der Waals surface area contributed by atoms with Gasteiger partial charge in [0.1, 0.15) is 5.52 Å².